The molecule has 0 atom stereocenters. The Kier molecular flexibility index (Phi) is 3.56. The first-order chi connectivity index (χ1) is 9.98. The maximum atomic E-state index is 6.05. The van der Waals surface area contributed by atoms with Gasteiger partial charge in [-0.05, 0) is 32.0 Å². The van der Waals surface area contributed by atoms with Crippen molar-refractivity contribution in [2.75, 3.05) is 0 Å². The average molecular weight is 304 g/mol. The molecular weight excluding hydrogens is 286 g/mol. The largest absolute Gasteiger partial charge is 0.483 e. The highest BCUT2D eigenvalue weighted by molar-refractivity contribution is 6.30. The zero-order valence-electron chi connectivity index (χ0n) is 12.2. The minimum atomic E-state index is -0.202. The number of rotatable bonds is 3. The number of ether oxygens (including phenoxy) is 2. The predicted molar refractivity (Wildman–Crippen MR) is 84.3 cm³/mol. The third-order valence-electron chi connectivity index (χ3n) is 3.52. The normalized spacial score (nSPS) is 15.4. The van der Waals surface area contributed by atoms with E-state index < -0.39 is 0 Å². The van der Waals surface area contributed by atoms with Gasteiger partial charge >= 0.3 is 0 Å². The first kappa shape index (κ1) is 14.2. The summed E-state index contributed by atoms with van der Waals surface area (Å²) < 4.78 is 12.0. The van der Waals surface area contributed by atoms with E-state index in [9.17, 15) is 0 Å². The maximum absolute atomic E-state index is 6.05. The van der Waals surface area contributed by atoms with Gasteiger partial charge in [-0.25, -0.2) is 0 Å². The van der Waals surface area contributed by atoms with Gasteiger partial charge in [0.1, 0.15) is 11.4 Å². The lowest BCUT2D eigenvalue weighted by molar-refractivity contribution is 0.135. The third kappa shape index (κ3) is 2.85. The SMILES string of the molecule is CC1(C)Cc2cccc(Oc3cc(Cl)ccc3CN)c2O1. The van der Waals surface area contributed by atoms with Crippen LogP contribution in [0, 0.1) is 0 Å². The van der Waals surface area contributed by atoms with E-state index in [-0.39, 0.29) is 5.60 Å². The average Bonchev–Trinajstić information content (AvgIpc) is 2.74. The molecule has 1 aliphatic rings. The van der Waals surface area contributed by atoms with Gasteiger partial charge in [-0.3, -0.25) is 0 Å². The molecule has 1 aliphatic heterocycles. The van der Waals surface area contributed by atoms with Crippen LogP contribution < -0.4 is 15.2 Å². The molecule has 3 rings (SSSR count). The van der Waals surface area contributed by atoms with Gasteiger partial charge < -0.3 is 15.2 Å². The first-order valence-corrected chi connectivity index (χ1v) is 7.33. The van der Waals surface area contributed by atoms with E-state index in [4.69, 9.17) is 26.8 Å². The van der Waals surface area contributed by atoms with Crippen molar-refractivity contribution in [1.29, 1.82) is 0 Å². The highest BCUT2D eigenvalue weighted by Crippen LogP contribution is 2.43. The Hall–Kier alpha value is -1.71. The van der Waals surface area contributed by atoms with Crippen molar-refractivity contribution in [1.82, 2.24) is 0 Å². The molecule has 0 bridgehead atoms. The Labute approximate surface area is 129 Å². The quantitative estimate of drug-likeness (QED) is 0.919. The molecule has 21 heavy (non-hydrogen) atoms. The Morgan fingerprint density at radius 2 is 2.05 bits per heavy atom. The smallest absolute Gasteiger partial charge is 0.169 e. The molecule has 0 saturated heterocycles. The summed E-state index contributed by atoms with van der Waals surface area (Å²) in [6.07, 6.45) is 0.874. The lowest BCUT2D eigenvalue weighted by Crippen LogP contribution is -2.24. The molecule has 0 aliphatic carbocycles. The van der Waals surface area contributed by atoms with Crippen LogP contribution in [0.15, 0.2) is 36.4 Å². The molecule has 0 spiro atoms. The zero-order chi connectivity index (χ0) is 15.0. The standard InChI is InChI=1S/C17H18ClNO2/c1-17(2)9-11-4-3-5-14(16(11)21-17)20-15-8-13(18)7-6-12(15)10-19/h3-8H,9-10,19H2,1-2H3. The van der Waals surface area contributed by atoms with E-state index in [0.717, 1.165) is 23.3 Å². The number of hydrogen-bond donors (Lipinski definition) is 1. The number of fused-ring (bicyclic) bond motifs is 1. The summed E-state index contributed by atoms with van der Waals surface area (Å²) in [5.74, 6) is 2.19. The van der Waals surface area contributed by atoms with E-state index in [0.29, 0.717) is 23.1 Å². The monoisotopic (exact) mass is 303 g/mol. The minimum Gasteiger partial charge on any atom is -0.483 e. The van der Waals surface area contributed by atoms with Crippen molar-refractivity contribution in [3.63, 3.8) is 0 Å². The van der Waals surface area contributed by atoms with E-state index in [1.165, 1.54) is 0 Å². The Balaban J connectivity index is 1.98. The first-order valence-electron chi connectivity index (χ1n) is 6.96. The maximum Gasteiger partial charge on any atom is 0.169 e. The van der Waals surface area contributed by atoms with Crippen molar-refractivity contribution in [3.8, 4) is 17.2 Å². The summed E-state index contributed by atoms with van der Waals surface area (Å²) in [7, 11) is 0. The molecule has 0 saturated carbocycles. The van der Waals surface area contributed by atoms with Crippen LogP contribution in [-0.4, -0.2) is 5.60 Å². The second kappa shape index (κ2) is 5.24. The second-order valence-corrected chi connectivity index (χ2v) is 6.28. The molecule has 2 aromatic rings. The molecule has 4 heteroatoms. The van der Waals surface area contributed by atoms with Crippen LogP contribution in [0.25, 0.3) is 0 Å². The summed E-state index contributed by atoms with van der Waals surface area (Å²) in [6.45, 7) is 4.54. The van der Waals surface area contributed by atoms with Crippen LogP contribution in [-0.2, 0) is 13.0 Å². The van der Waals surface area contributed by atoms with Crippen molar-refractivity contribution < 1.29 is 9.47 Å². The number of nitrogens with two attached hydrogens (primary N) is 1. The van der Waals surface area contributed by atoms with Gasteiger partial charge in [-0.15, -0.1) is 0 Å². The fourth-order valence-electron chi connectivity index (χ4n) is 2.58. The van der Waals surface area contributed by atoms with E-state index in [1.54, 1.807) is 6.07 Å². The molecule has 0 unspecified atom stereocenters. The molecule has 0 aromatic heterocycles. The Bertz CT molecular complexity index is 682. The number of benzene rings is 2. The van der Waals surface area contributed by atoms with Crippen LogP contribution in [0.4, 0.5) is 0 Å². The number of halogens is 1. The lowest BCUT2D eigenvalue weighted by Gasteiger charge is -2.18. The van der Waals surface area contributed by atoms with E-state index in [2.05, 4.69) is 19.9 Å². The van der Waals surface area contributed by atoms with Gasteiger partial charge in [0.15, 0.2) is 11.5 Å². The molecule has 2 aromatic carbocycles. The molecule has 2 N–H and O–H groups in total. The third-order valence-corrected chi connectivity index (χ3v) is 3.76. The van der Waals surface area contributed by atoms with Crippen molar-refractivity contribution >= 4 is 11.6 Å². The van der Waals surface area contributed by atoms with Crippen LogP contribution in [0.3, 0.4) is 0 Å². The van der Waals surface area contributed by atoms with Gasteiger partial charge in [0, 0.05) is 29.1 Å². The molecule has 0 amide bonds. The second-order valence-electron chi connectivity index (χ2n) is 5.84. The zero-order valence-corrected chi connectivity index (χ0v) is 12.9. The molecule has 1 heterocycles. The highest BCUT2D eigenvalue weighted by atomic mass is 35.5. The van der Waals surface area contributed by atoms with E-state index in [1.807, 2.05) is 24.3 Å². The summed E-state index contributed by atoms with van der Waals surface area (Å²) in [6, 6.07) is 11.4. The topological polar surface area (TPSA) is 44.5 Å². The minimum absolute atomic E-state index is 0.202. The summed E-state index contributed by atoms with van der Waals surface area (Å²) in [4.78, 5) is 0. The molecule has 0 fully saturated rings. The van der Waals surface area contributed by atoms with Crippen LogP contribution in [0.1, 0.15) is 25.0 Å². The van der Waals surface area contributed by atoms with Crippen LogP contribution in [0.2, 0.25) is 5.02 Å². The fraction of sp³-hybridized carbons (Fsp3) is 0.294. The fourth-order valence-corrected chi connectivity index (χ4v) is 2.74. The highest BCUT2D eigenvalue weighted by Gasteiger charge is 2.32. The number of hydrogen-bond acceptors (Lipinski definition) is 3. The van der Waals surface area contributed by atoms with Crippen molar-refractivity contribution in [2.24, 2.45) is 5.73 Å². The summed E-state index contributed by atoms with van der Waals surface area (Å²) in [5, 5.41) is 0.621. The van der Waals surface area contributed by atoms with Gasteiger partial charge in [0.2, 0.25) is 0 Å². The van der Waals surface area contributed by atoms with Gasteiger partial charge in [-0.2, -0.15) is 0 Å². The molecule has 110 valence electrons. The molecule has 0 radical (unpaired) electrons. The van der Waals surface area contributed by atoms with Gasteiger partial charge in [-0.1, -0.05) is 29.8 Å². The van der Waals surface area contributed by atoms with Crippen LogP contribution in [0.5, 0.6) is 17.2 Å². The summed E-state index contributed by atoms with van der Waals surface area (Å²) >= 11 is 6.05. The number of para-hydroxylation sites is 1. The lowest BCUT2D eigenvalue weighted by atomic mass is 10.0. The predicted octanol–water partition coefficient (Wildman–Crippen LogP) is 4.30. The van der Waals surface area contributed by atoms with Crippen LogP contribution >= 0.6 is 11.6 Å². The van der Waals surface area contributed by atoms with Gasteiger partial charge in [0.25, 0.3) is 0 Å². The van der Waals surface area contributed by atoms with E-state index >= 15 is 0 Å². The molecular formula is C17H18ClNO2. The van der Waals surface area contributed by atoms with Gasteiger partial charge in [0.05, 0.1) is 0 Å². The summed E-state index contributed by atoms with van der Waals surface area (Å²) in [5.41, 5.74) is 7.63. The van der Waals surface area contributed by atoms with Crippen molar-refractivity contribution in [2.45, 2.75) is 32.4 Å². The Morgan fingerprint density at radius 1 is 1.24 bits per heavy atom. The Morgan fingerprint density at radius 3 is 2.81 bits per heavy atom. The van der Waals surface area contributed by atoms with Crippen molar-refractivity contribution in [3.05, 3.63) is 52.5 Å². The molecule has 3 nitrogen and oxygen atoms in total.